The monoisotopic (exact) mass is 358 g/mol. The van der Waals surface area contributed by atoms with Crippen molar-refractivity contribution in [1.29, 1.82) is 0 Å². The SMILES string of the molecule is CC1=C(CCO)c2ccc(F)cc2/C1=C\c1ccc(S(C)(=O)=O)cc1. The molecular weight excluding hydrogens is 339 g/mol. The van der Waals surface area contributed by atoms with Crippen molar-refractivity contribution < 1.29 is 17.9 Å². The van der Waals surface area contributed by atoms with Crippen LogP contribution in [0.25, 0.3) is 17.2 Å². The number of fused-ring (bicyclic) bond motifs is 1. The Balaban J connectivity index is 2.10. The van der Waals surface area contributed by atoms with Crippen LogP contribution in [0.1, 0.15) is 30.0 Å². The average molecular weight is 358 g/mol. The minimum atomic E-state index is -3.24. The van der Waals surface area contributed by atoms with Gasteiger partial charge in [-0.1, -0.05) is 18.2 Å². The zero-order valence-corrected chi connectivity index (χ0v) is 14.9. The van der Waals surface area contributed by atoms with Gasteiger partial charge in [0.2, 0.25) is 0 Å². The van der Waals surface area contributed by atoms with Crippen molar-refractivity contribution in [2.75, 3.05) is 12.9 Å². The van der Waals surface area contributed by atoms with Gasteiger partial charge in [-0.2, -0.15) is 0 Å². The lowest BCUT2D eigenvalue weighted by Gasteiger charge is -2.05. The Kier molecular flexibility index (Phi) is 4.62. The standard InChI is InChI=1S/C20H19FO3S/c1-13-17(9-10-22)18-8-5-15(21)12-20(18)19(13)11-14-3-6-16(7-4-14)25(2,23)24/h3-8,11-12,22H,9-10H2,1-2H3/b19-11-. The highest BCUT2D eigenvalue weighted by atomic mass is 32.2. The summed E-state index contributed by atoms with van der Waals surface area (Å²) in [7, 11) is -3.24. The Labute approximate surface area is 147 Å². The van der Waals surface area contributed by atoms with Gasteiger partial charge < -0.3 is 5.11 Å². The summed E-state index contributed by atoms with van der Waals surface area (Å²) < 4.78 is 36.9. The van der Waals surface area contributed by atoms with Crippen LogP contribution in [0, 0.1) is 5.82 Å². The number of benzene rings is 2. The second kappa shape index (κ2) is 6.58. The van der Waals surface area contributed by atoms with E-state index in [-0.39, 0.29) is 17.3 Å². The first kappa shape index (κ1) is 17.6. The molecular formula is C20H19FO3S. The van der Waals surface area contributed by atoms with Gasteiger partial charge in [0.15, 0.2) is 9.84 Å². The predicted octanol–water partition coefficient (Wildman–Crippen LogP) is 3.94. The van der Waals surface area contributed by atoms with E-state index in [0.29, 0.717) is 6.42 Å². The summed E-state index contributed by atoms with van der Waals surface area (Å²) in [4.78, 5) is 0.265. The molecule has 0 spiro atoms. The fourth-order valence-corrected chi connectivity index (χ4v) is 3.80. The molecule has 0 aromatic heterocycles. The third-order valence-electron chi connectivity index (χ3n) is 4.43. The molecule has 5 heteroatoms. The van der Waals surface area contributed by atoms with Gasteiger partial charge in [0.1, 0.15) is 5.82 Å². The molecule has 1 aliphatic rings. The van der Waals surface area contributed by atoms with Crippen molar-refractivity contribution in [3.05, 3.63) is 70.5 Å². The lowest BCUT2D eigenvalue weighted by molar-refractivity contribution is 0.305. The molecule has 0 saturated heterocycles. The van der Waals surface area contributed by atoms with E-state index in [4.69, 9.17) is 0 Å². The van der Waals surface area contributed by atoms with Gasteiger partial charge in [-0.3, -0.25) is 0 Å². The number of sulfone groups is 1. The van der Waals surface area contributed by atoms with Gasteiger partial charge in [-0.15, -0.1) is 0 Å². The Morgan fingerprint density at radius 3 is 2.36 bits per heavy atom. The number of aliphatic hydroxyl groups excluding tert-OH is 1. The molecule has 1 aliphatic carbocycles. The summed E-state index contributed by atoms with van der Waals surface area (Å²) >= 11 is 0. The largest absolute Gasteiger partial charge is 0.396 e. The van der Waals surface area contributed by atoms with Crippen molar-refractivity contribution in [2.45, 2.75) is 18.2 Å². The normalized spacial score (nSPS) is 15.8. The van der Waals surface area contributed by atoms with E-state index in [0.717, 1.165) is 33.4 Å². The quantitative estimate of drug-likeness (QED) is 0.901. The molecule has 0 heterocycles. The molecule has 2 aromatic carbocycles. The number of halogens is 1. The Bertz CT molecular complexity index is 984. The van der Waals surface area contributed by atoms with E-state index < -0.39 is 9.84 Å². The lowest BCUT2D eigenvalue weighted by Crippen LogP contribution is -1.96. The maximum Gasteiger partial charge on any atom is 0.175 e. The topological polar surface area (TPSA) is 54.4 Å². The third kappa shape index (κ3) is 3.43. The van der Waals surface area contributed by atoms with Gasteiger partial charge in [0, 0.05) is 12.9 Å². The molecule has 25 heavy (non-hydrogen) atoms. The van der Waals surface area contributed by atoms with Crippen molar-refractivity contribution in [2.24, 2.45) is 0 Å². The number of rotatable bonds is 4. The number of hydrogen-bond donors (Lipinski definition) is 1. The molecule has 0 radical (unpaired) electrons. The Morgan fingerprint density at radius 1 is 1.08 bits per heavy atom. The Hall–Kier alpha value is -2.24. The molecule has 0 atom stereocenters. The second-order valence-electron chi connectivity index (χ2n) is 6.17. The van der Waals surface area contributed by atoms with Crippen molar-refractivity contribution in [3.63, 3.8) is 0 Å². The average Bonchev–Trinajstić information content (AvgIpc) is 2.80. The zero-order chi connectivity index (χ0) is 18.2. The number of hydrogen-bond acceptors (Lipinski definition) is 3. The van der Waals surface area contributed by atoms with E-state index >= 15 is 0 Å². The van der Waals surface area contributed by atoms with E-state index in [2.05, 4.69) is 0 Å². The molecule has 0 saturated carbocycles. The van der Waals surface area contributed by atoms with Crippen molar-refractivity contribution >= 4 is 27.1 Å². The van der Waals surface area contributed by atoms with Gasteiger partial charge in [0.25, 0.3) is 0 Å². The first-order valence-electron chi connectivity index (χ1n) is 7.94. The van der Waals surface area contributed by atoms with Crippen molar-refractivity contribution in [3.8, 4) is 0 Å². The molecule has 0 fully saturated rings. The molecule has 130 valence electrons. The fraction of sp³-hybridized carbons (Fsp3) is 0.200. The first-order chi connectivity index (χ1) is 11.8. The van der Waals surface area contributed by atoms with Crippen LogP contribution in [0.3, 0.4) is 0 Å². The molecule has 1 N–H and O–H groups in total. The Morgan fingerprint density at radius 2 is 1.76 bits per heavy atom. The van der Waals surface area contributed by atoms with Crippen LogP contribution in [0.5, 0.6) is 0 Å². The molecule has 0 unspecified atom stereocenters. The summed E-state index contributed by atoms with van der Waals surface area (Å²) in [5.74, 6) is -0.310. The summed E-state index contributed by atoms with van der Waals surface area (Å²) in [6, 6.07) is 11.3. The highest BCUT2D eigenvalue weighted by molar-refractivity contribution is 7.90. The zero-order valence-electron chi connectivity index (χ0n) is 14.1. The third-order valence-corrected chi connectivity index (χ3v) is 5.56. The van der Waals surface area contributed by atoms with E-state index in [9.17, 15) is 17.9 Å². The van der Waals surface area contributed by atoms with Crippen LogP contribution < -0.4 is 0 Å². The van der Waals surface area contributed by atoms with Crippen molar-refractivity contribution in [1.82, 2.24) is 0 Å². The van der Waals surface area contributed by atoms with E-state index in [1.807, 2.05) is 13.0 Å². The lowest BCUT2D eigenvalue weighted by atomic mass is 10.0. The molecule has 3 nitrogen and oxygen atoms in total. The number of allylic oxidation sites excluding steroid dienone is 2. The predicted molar refractivity (Wildman–Crippen MR) is 98.1 cm³/mol. The maximum atomic E-state index is 13.7. The second-order valence-corrected chi connectivity index (χ2v) is 8.18. The number of aliphatic hydroxyl groups is 1. The van der Waals surface area contributed by atoms with Crippen LogP contribution in [0.4, 0.5) is 4.39 Å². The molecule has 0 amide bonds. The van der Waals surface area contributed by atoms with Gasteiger partial charge in [0.05, 0.1) is 4.90 Å². The summed E-state index contributed by atoms with van der Waals surface area (Å²) in [5.41, 5.74) is 5.48. The molecule has 0 aliphatic heterocycles. The van der Waals surface area contributed by atoms with Gasteiger partial charge in [-0.25, -0.2) is 12.8 Å². The first-order valence-corrected chi connectivity index (χ1v) is 9.83. The van der Waals surface area contributed by atoms with Crippen LogP contribution in [0.2, 0.25) is 0 Å². The van der Waals surface area contributed by atoms with Gasteiger partial charge >= 0.3 is 0 Å². The van der Waals surface area contributed by atoms with Crippen LogP contribution in [0.15, 0.2) is 52.9 Å². The van der Waals surface area contributed by atoms with E-state index in [1.54, 1.807) is 30.3 Å². The van der Waals surface area contributed by atoms with Gasteiger partial charge in [-0.05, 0) is 77.1 Å². The summed E-state index contributed by atoms with van der Waals surface area (Å²) in [6.07, 6.45) is 3.60. The van der Waals surface area contributed by atoms with Crippen LogP contribution in [-0.4, -0.2) is 26.4 Å². The highest BCUT2D eigenvalue weighted by Gasteiger charge is 2.23. The molecule has 2 aromatic rings. The maximum absolute atomic E-state index is 13.7. The minimum Gasteiger partial charge on any atom is -0.396 e. The minimum absolute atomic E-state index is 0.0276. The van der Waals surface area contributed by atoms with Crippen LogP contribution >= 0.6 is 0 Å². The molecule has 0 bridgehead atoms. The fourth-order valence-electron chi connectivity index (χ4n) is 3.17. The van der Waals surface area contributed by atoms with E-state index in [1.165, 1.54) is 18.4 Å². The molecule has 3 rings (SSSR count). The summed E-state index contributed by atoms with van der Waals surface area (Å²) in [6.45, 7) is 1.99. The highest BCUT2D eigenvalue weighted by Crippen LogP contribution is 2.43. The smallest absolute Gasteiger partial charge is 0.175 e. The summed E-state index contributed by atoms with van der Waals surface area (Å²) in [5, 5.41) is 9.32. The van der Waals surface area contributed by atoms with Crippen LogP contribution in [-0.2, 0) is 9.84 Å².